The number of benzene rings is 2. The first-order valence-electron chi connectivity index (χ1n) is 7.49. The average Bonchev–Trinajstić information content (AvgIpc) is 2.38. The highest BCUT2D eigenvalue weighted by Crippen LogP contribution is 2.38. The molecule has 104 valence electrons. The van der Waals surface area contributed by atoms with Gasteiger partial charge in [-0.3, -0.25) is 0 Å². The molecule has 0 aliphatic heterocycles. The minimum Gasteiger partial charge on any atom is -0.507 e. The maximum absolute atomic E-state index is 10.4. The largest absolute Gasteiger partial charge is 0.507 e. The lowest BCUT2D eigenvalue weighted by molar-refractivity contribution is 0.475. The fraction of sp³-hybridized carbons (Fsp3) is 0.368. The zero-order chi connectivity index (χ0) is 14.3. The number of phenolic OH excluding ortho intramolecular Hbond substituents is 1. The van der Waals surface area contributed by atoms with E-state index in [4.69, 9.17) is 0 Å². The van der Waals surface area contributed by atoms with Crippen LogP contribution in [0.2, 0.25) is 0 Å². The fourth-order valence-corrected chi connectivity index (χ4v) is 3.58. The van der Waals surface area contributed by atoms with Crippen molar-refractivity contribution in [3.63, 3.8) is 0 Å². The number of aromatic hydroxyl groups is 1. The minimum atomic E-state index is 0.431. The van der Waals surface area contributed by atoms with E-state index in [0.29, 0.717) is 5.75 Å². The SMILES string of the molecule is Cc1cc(C)c(-c2cc3c(cc2O)CCCC3)c(C)c1. The minimum absolute atomic E-state index is 0.431. The Balaban J connectivity index is 2.20. The third-order valence-electron chi connectivity index (χ3n) is 4.41. The lowest BCUT2D eigenvalue weighted by Gasteiger charge is -2.20. The third kappa shape index (κ3) is 2.22. The molecule has 3 rings (SSSR count). The zero-order valence-electron chi connectivity index (χ0n) is 12.6. The Morgan fingerprint density at radius 2 is 1.35 bits per heavy atom. The quantitative estimate of drug-likeness (QED) is 0.781. The van der Waals surface area contributed by atoms with Crippen molar-refractivity contribution in [3.05, 3.63) is 52.1 Å². The molecule has 0 heterocycles. The Kier molecular flexibility index (Phi) is 3.29. The fourth-order valence-electron chi connectivity index (χ4n) is 3.58. The molecule has 1 nitrogen and oxygen atoms in total. The van der Waals surface area contributed by atoms with E-state index in [2.05, 4.69) is 39.0 Å². The Morgan fingerprint density at radius 3 is 1.95 bits per heavy atom. The van der Waals surface area contributed by atoms with E-state index < -0.39 is 0 Å². The van der Waals surface area contributed by atoms with Crippen molar-refractivity contribution in [2.24, 2.45) is 0 Å². The molecule has 0 aromatic heterocycles. The normalized spacial score (nSPS) is 14.2. The molecule has 1 aliphatic carbocycles. The summed E-state index contributed by atoms with van der Waals surface area (Å²) in [5, 5.41) is 10.4. The molecule has 0 unspecified atom stereocenters. The molecular weight excluding hydrogens is 244 g/mol. The maximum Gasteiger partial charge on any atom is 0.123 e. The van der Waals surface area contributed by atoms with Gasteiger partial charge in [0.05, 0.1) is 0 Å². The second kappa shape index (κ2) is 4.97. The zero-order valence-corrected chi connectivity index (χ0v) is 12.6. The predicted octanol–water partition coefficient (Wildman–Crippen LogP) is 4.86. The van der Waals surface area contributed by atoms with E-state index in [1.807, 2.05) is 6.07 Å². The number of hydrogen-bond donors (Lipinski definition) is 1. The summed E-state index contributed by atoms with van der Waals surface area (Å²) in [6, 6.07) is 8.60. The van der Waals surface area contributed by atoms with Crippen LogP contribution in [0.3, 0.4) is 0 Å². The van der Waals surface area contributed by atoms with Crippen molar-refractivity contribution in [1.82, 2.24) is 0 Å². The molecule has 0 fully saturated rings. The summed E-state index contributed by atoms with van der Waals surface area (Å²) in [5.41, 5.74) is 8.72. The summed E-state index contributed by atoms with van der Waals surface area (Å²) < 4.78 is 0. The van der Waals surface area contributed by atoms with E-state index >= 15 is 0 Å². The molecule has 1 N–H and O–H groups in total. The van der Waals surface area contributed by atoms with E-state index in [1.54, 1.807) is 0 Å². The molecule has 2 aromatic rings. The molecule has 0 bridgehead atoms. The van der Waals surface area contributed by atoms with Crippen molar-refractivity contribution >= 4 is 0 Å². The van der Waals surface area contributed by atoms with Crippen molar-refractivity contribution < 1.29 is 5.11 Å². The van der Waals surface area contributed by atoms with E-state index in [-0.39, 0.29) is 0 Å². The smallest absolute Gasteiger partial charge is 0.123 e. The summed E-state index contributed by atoms with van der Waals surface area (Å²) in [4.78, 5) is 0. The predicted molar refractivity (Wildman–Crippen MR) is 84.4 cm³/mol. The third-order valence-corrected chi connectivity index (χ3v) is 4.41. The summed E-state index contributed by atoms with van der Waals surface area (Å²) in [5.74, 6) is 0.431. The molecular formula is C19H22O. The van der Waals surface area contributed by atoms with Crippen molar-refractivity contribution in [1.29, 1.82) is 0 Å². The number of hydrogen-bond acceptors (Lipinski definition) is 1. The van der Waals surface area contributed by atoms with Crippen molar-refractivity contribution in [3.8, 4) is 16.9 Å². The van der Waals surface area contributed by atoms with Crippen LogP contribution in [0.25, 0.3) is 11.1 Å². The highest BCUT2D eigenvalue weighted by Gasteiger charge is 2.16. The molecule has 0 radical (unpaired) electrons. The second-order valence-corrected chi connectivity index (χ2v) is 6.12. The van der Waals surface area contributed by atoms with E-state index in [9.17, 15) is 5.11 Å². The Hall–Kier alpha value is -1.76. The number of phenols is 1. The van der Waals surface area contributed by atoms with Crippen LogP contribution in [0.15, 0.2) is 24.3 Å². The van der Waals surface area contributed by atoms with E-state index in [1.165, 1.54) is 46.2 Å². The van der Waals surface area contributed by atoms with Crippen molar-refractivity contribution in [2.75, 3.05) is 0 Å². The van der Waals surface area contributed by atoms with Crippen LogP contribution in [-0.2, 0) is 12.8 Å². The topological polar surface area (TPSA) is 20.2 Å². The van der Waals surface area contributed by atoms with Gasteiger partial charge in [-0.05, 0) is 86.4 Å². The Morgan fingerprint density at radius 1 is 0.800 bits per heavy atom. The molecule has 0 atom stereocenters. The maximum atomic E-state index is 10.4. The molecule has 0 saturated heterocycles. The molecule has 1 aliphatic rings. The first kappa shape index (κ1) is 13.2. The Labute approximate surface area is 121 Å². The molecule has 1 heteroatoms. The molecule has 0 saturated carbocycles. The van der Waals surface area contributed by atoms with Crippen molar-refractivity contribution in [2.45, 2.75) is 46.5 Å². The van der Waals surface area contributed by atoms with Gasteiger partial charge in [0.2, 0.25) is 0 Å². The lowest BCUT2D eigenvalue weighted by Crippen LogP contribution is -2.03. The number of rotatable bonds is 1. The molecule has 0 amide bonds. The van der Waals surface area contributed by atoms with Gasteiger partial charge in [0.15, 0.2) is 0 Å². The summed E-state index contributed by atoms with van der Waals surface area (Å²) in [6.07, 6.45) is 4.76. The Bertz CT molecular complexity index is 645. The summed E-state index contributed by atoms with van der Waals surface area (Å²) in [6.45, 7) is 6.39. The van der Waals surface area contributed by atoms with Gasteiger partial charge in [-0.2, -0.15) is 0 Å². The van der Waals surface area contributed by atoms with E-state index in [0.717, 1.165) is 18.4 Å². The molecule has 20 heavy (non-hydrogen) atoms. The first-order valence-corrected chi connectivity index (χ1v) is 7.49. The van der Waals surface area contributed by atoms with Gasteiger partial charge in [0.1, 0.15) is 5.75 Å². The van der Waals surface area contributed by atoms with Crippen LogP contribution in [0.1, 0.15) is 40.7 Å². The lowest BCUT2D eigenvalue weighted by atomic mass is 9.86. The van der Waals surface area contributed by atoms with Gasteiger partial charge in [-0.25, -0.2) is 0 Å². The molecule has 0 spiro atoms. The van der Waals surface area contributed by atoms with Gasteiger partial charge in [-0.1, -0.05) is 17.7 Å². The summed E-state index contributed by atoms with van der Waals surface area (Å²) in [7, 11) is 0. The van der Waals surface area contributed by atoms with Gasteiger partial charge in [0.25, 0.3) is 0 Å². The van der Waals surface area contributed by atoms with Gasteiger partial charge >= 0.3 is 0 Å². The molecule has 2 aromatic carbocycles. The van der Waals surface area contributed by atoms with Crippen LogP contribution < -0.4 is 0 Å². The summed E-state index contributed by atoms with van der Waals surface area (Å²) >= 11 is 0. The van der Waals surface area contributed by atoms with Gasteiger partial charge < -0.3 is 5.11 Å². The number of aryl methyl sites for hydroxylation is 5. The van der Waals surface area contributed by atoms with Crippen LogP contribution in [0.5, 0.6) is 5.75 Å². The van der Waals surface area contributed by atoms with Gasteiger partial charge in [0, 0.05) is 5.56 Å². The highest BCUT2D eigenvalue weighted by molar-refractivity contribution is 5.77. The highest BCUT2D eigenvalue weighted by atomic mass is 16.3. The standard InChI is InChI=1S/C19H22O/c1-12-8-13(2)19(14(3)9-12)17-10-15-6-4-5-7-16(15)11-18(17)20/h8-11,20H,4-7H2,1-3H3. The van der Waals surface area contributed by atoms with Crippen LogP contribution in [0, 0.1) is 20.8 Å². The van der Waals surface area contributed by atoms with Crippen LogP contribution in [0.4, 0.5) is 0 Å². The van der Waals surface area contributed by atoms with Crippen LogP contribution >= 0.6 is 0 Å². The van der Waals surface area contributed by atoms with Crippen LogP contribution in [-0.4, -0.2) is 5.11 Å². The average molecular weight is 266 g/mol. The van der Waals surface area contributed by atoms with Gasteiger partial charge in [-0.15, -0.1) is 0 Å². The number of fused-ring (bicyclic) bond motifs is 1. The monoisotopic (exact) mass is 266 g/mol. The first-order chi connectivity index (χ1) is 9.56. The second-order valence-electron chi connectivity index (χ2n) is 6.12.